The summed E-state index contributed by atoms with van der Waals surface area (Å²) in [7, 11) is 0. The van der Waals surface area contributed by atoms with Gasteiger partial charge in [-0.2, -0.15) is 18.3 Å². The van der Waals surface area contributed by atoms with Gasteiger partial charge < -0.3 is 4.74 Å². The van der Waals surface area contributed by atoms with Crippen LogP contribution in [0.4, 0.5) is 13.2 Å². The first-order valence-corrected chi connectivity index (χ1v) is 8.53. The third kappa shape index (κ3) is 3.88. The third-order valence-corrected chi connectivity index (χ3v) is 4.50. The molecule has 2 aromatic heterocycles. The van der Waals surface area contributed by atoms with Crippen LogP contribution in [0.1, 0.15) is 36.5 Å². The van der Waals surface area contributed by atoms with Crippen LogP contribution in [0.2, 0.25) is 0 Å². The molecule has 0 saturated carbocycles. The van der Waals surface area contributed by atoms with Crippen molar-refractivity contribution >= 4 is 5.97 Å². The molecule has 27 heavy (non-hydrogen) atoms. The van der Waals surface area contributed by atoms with E-state index in [2.05, 4.69) is 10.1 Å². The van der Waals surface area contributed by atoms with Gasteiger partial charge in [-0.3, -0.25) is 9.55 Å². The first-order chi connectivity index (χ1) is 12.7. The van der Waals surface area contributed by atoms with Gasteiger partial charge in [0.2, 0.25) is 0 Å². The number of hydrogen-bond donors (Lipinski definition) is 0. The van der Waals surface area contributed by atoms with Crippen molar-refractivity contribution in [3.8, 4) is 0 Å². The smallest absolute Gasteiger partial charge is 0.392 e. The molecule has 0 spiro atoms. The minimum atomic E-state index is -4.49. The number of ether oxygens (including phenoxy) is 1. The van der Waals surface area contributed by atoms with Crippen LogP contribution in [0, 0.1) is 12.8 Å². The number of halogens is 3. The summed E-state index contributed by atoms with van der Waals surface area (Å²) >= 11 is 0. The first kappa shape index (κ1) is 19.1. The van der Waals surface area contributed by atoms with Crippen molar-refractivity contribution in [3.05, 3.63) is 45.9 Å². The summed E-state index contributed by atoms with van der Waals surface area (Å²) in [5, 5.41) is 4.04. The zero-order chi connectivity index (χ0) is 19.8. The number of carbonyl (C=O) groups excluding carboxylic acids is 1. The molecule has 2 unspecified atom stereocenters. The van der Waals surface area contributed by atoms with Crippen LogP contribution < -0.4 is 5.69 Å². The van der Waals surface area contributed by atoms with Gasteiger partial charge in [-0.1, -0.05) is 6.07 Å². The number of rotatable bonds is 4. The highest BCUT2D eigenvalue weighted by molar-refractivity contribution is 5.74. The van der Waals surface area contributed by atoms with Crippen molar-refractivity contribution in [3.63, 3.8) is 0 Å². The summed E-state index contributed by atoms with van der Waals surface area (Å²) in [6.07, 6.45) is -3.86. The second-order valence-corrected chi connectivity index (χ2v) is 6.50. The van der Waals surface area contributed by atoms with Crippen molar-refractivity contribution in [2.45, 2.75) is 45.5 Å². The monoisotopic (exact) mass is 384 g/mol. The summed E-state index contributed by atoms with van der Waals surface area (Å²) in [5.41, 5.74) is 0.829. The molecule has 3 heterocycles. The summed E-state index contributed by atoms with van der Waals surface area (Å²) in [6, 6.07) is 2.18. The van der Waals surface area contributed by atoms with Gasteiger partial charge in [-0.25, -0.2) is 14.3 Å². The molecule has 0 radical (unpaired) electrons. The minimum Gasteiger partial charge on any atom is -0.464 e. The Morgan fingerprint density at radius 3 is 2.70 bits per heavy atom. The normalized spacial score (nSPS) is 19.6. The van der Waals surface area contributed by atoms with Crippen LogP contribution in [-0.4, -0.2) is 38.1 Å². The van der Waals surface area contributed by atoms with E-state index >= 15 is 0 Å². The molecule has 2 aromatic rings. The fraction of sp³-hybridized carbons (Fsp3) is 0.529. The Labute approximate surface area is 152 Å². The highest BCUT2D eigenvalue weighted by atomic mass is 19.4. The predicted octanol–water partition coefficient (Wildman–Crippen LogP) is 2.03. The van der Waals surface area contributed by atoms with E-state index in [9.17, 15) is 22.8 Å². The number of hydrogen-bond acceptors (Lipinski definition) is 5. The number of fused-ring (bicyclic) bond motifs is 1. The van der Waals surface area contributed by atoms with Crippen molar-refractivity contribution in [2.24, 2.45) is 5.92 Å². The lowest BCUT2D eigenvalue weighted by atomic mass is 9.91. The molecular weight excluding hydrogens is 365 g/mol. The van der Waals surface area contributed by atoms with E-state index < -0.39 is 42.6 Å². The molecule has 7 nitrogen and oxygen atoms in total. The van der Waals surface area contributed by atoms with E-state index in [0.717, 1.165) is 14.8 Å². The lowest BCUT2D eigenvalue weighted by Gasteiger charge is -2.29. The molecule has 0 amide bonds. The van der Waals surface area contributed by atoms with E-state index in [1.807, 2.05) is 13.0 Å². The molecule has 0 N–H and O–H groups in total. The lowest BCUT2D eigenvalue weighted by Crippen LogP contribution is -2.41. The number of nitrogens with zero attached hydrogens (tertiary/aromatic N) is 4. The van der Waals surface area contributed by atoms with Crippen LogP contribution in [-0.2, 0) is 22.5 Å². The van der Waals surface area contributed by atoms with Crippen molar-refractivity contribution in [1.29, 1.82) is 0 Å². The Morgan fingerprint density at radius 2 is 2.11 bits per heavy atom. The Balaban J connectivity index is 1.99. The second-order valence-electron chi connectivity index (χ2n) is 6.50. The summed E-state index contributed by atoms with van der Waals surface area (Å²) in [5.74, 6) is -2.69. The molecule has 2 atom stereocenters. The molecule has 1 aliphatic heterocycles. The maximum Gasteiger partial charge on any atom is 0.392 e. The van der Waals surface area contributed by atoms with Crippen molar-refractivity contribution in [1.82, 2.24) is 19.3 Å². The van der Waals surface area contributed by atoms with Gasteiger partial charge in [0.1, 0.15) is 11.9 Å². The van der Waals surface area contributed by atoms with E-state index in [4.69, 9.17) is 4.74 Å². The fourth-order valence-corrected chi connectivity index (χ4v) is 3.13. The number of carbonyl (C=O) groups is 1. The highest BCUT2D eigenvalue weighted by Crippen LogP contribution is 2.38. The average molecular weight is 384 g/mol. The number of aryl methyl sites for hydroxylation is 1. The summed E-state index contributed by atoms with van der Waals surface area (Å²) < 4.78 is 46.7. The molecule has 0 bridgehead atoms. The van der Waals surface area contributed by atoms with Crippen molar-refractivity contribution in [2.75, 3.05) is 6.61 Å². The predicted molar refractivity (Wildman–Crippen MR) is 88.1 cm³/mol. The third-order valence-electron chi connectivity index (χ3n) is 4.50. The quantitative estimate of drug-likeness (QED) is 0.754. The zero-order valence-electron chi connectivity index (χ0n) is 14.9. The van der Waals surface area contributed by atoms with E-state index in [-0.39, 0.29) is 19.0 Å². The SMILES string of the molecule is CCOC(=O)C1CC(C(F)(F)F)Cc2nn(Cc3ccc(C)cn3)c(=O)n21. The van der Waals surface area contributed by atoms with Crippen LogP contribution in [0.25, 0.3) is 0 Å². The number of pyridine rings is 1. The van der Waals surface area contributed by atoms with Crippen molar-refractivity contribution < 1.29 is 22.7 Å². The Bertz CT molecular complexity index is 886. The molecule has 146 valence electrons. The van der Waals surface area contributed by atoms with Gasteiger partial charge in [0.05, 0.1) is 24.8 Å². The fourth-order valence-electron chi connectivity index (χ4n) is 3.13. The number of alkyl halides is 3. The van der Waals surface area contributed by atoms with Crippen LogP contribution in [0.3, 0.4) is 0 Å². The average Bonchev–Trinajstić information content (AvgIpc) is 2.91. The molecule has 0 aromatic carbocycles. The molecule has 10 heteroatoms. The topological polar surface area (TPSA) is 79.0 Å². The maximum atomic E-state index is 13.3. The van der Waals surface area contributed by atoms with E-state index in [1.165, 1.54) is 0 Å². The molecule has 0 aliphatic carbocycles. The lowest BCUT2D eigenvalue weighted by molar-refractivity contribution is -0.184. The molecule has 0 fully saturated rings. The Morgan fingerprint density at radius 1 is 1.37 bits per heavy atom. The first-order valence-electron chi connectivity index (χ1n) is 8.53. The van der Waals surface area contributed by atoms with E-state index in [0.29, 0.717) is 5.69 Å². The van der Waals surface area contributed by atoms with Gasteiger partial charge >= 0.3 is 17.8 Å². The molecule has 1 aliphatic rings. The summed E-state index contributed by atoms with van der Waals surface area (Å²) in [6.45, 7) is 3.43. The molecular formula is C17H19F3N4O3. The molecule has 0 saturated heterocycles. The van der Waals surface area contributed by atoms with E-state index in [1.54, 1.807) is 19.2 Å². The van der Waals surface area contributed by atoms with Crippen LogP contribution in [0.15, 0.2) is 23.1 Å². The van der Waals surface area contributed by atoms with Gasteiger partial charge in [-0.05, 0) is 31.9 Å². The van der Waals surface area contributed by atoms with Gasteiger partial charge in [0, 0.05) is 12.6 Å². The standard InChI is InChI=1S/C17H19F3N4O3/c1-3-27-15(25)13-6-11(17(18,19)20)7-14-22-23(16(26)24(13)14)9-12-5-4-10(2)8-21-12/h4-5,8,11,13H,3,6-7,9H2,1-2H3. The number of esters is 1. The van der Waals surface area contributed by atoms with Gasteiger partial charge in [0.15, 0.2) is 0 Å². The van der Waals surface area contributed by atoms with Gasteiger partial charge in [0.25, 0.3) is 0 Å². The zero-order valence-corrected chi connectivity index (χ0v) is 14.9. The van der Waals surface area contributed by atoms with Crippen LogP contribution >= 0.6 is 0 Å². The minimum absolute atomic E-state index is 0.00530. The number of aromatic nitrogens is 4. The molecule has 3 rings (SSSR count). The Kier molecular flexibility index (Phi) is 5.07. The Hall–Kier alpha value is -2.65. The largest absolute Gasteiger partial charge is 0.464 e. The van der Waals surface area contributed by atoms with Crippen LogP contribution in [0.5, 0.6) is 0 Å². The summed E-state index contributed by atoms with van der Waals surface area (Å²) in [4.78, 5) is 29.1. The maximum absolute atomic E-state index is 13.3. The highest BCUT2D eigenvalue weighted by Gasteiger charge is 2.47. The van der Waals surface area contributed by atoms with Gasteiger partial charge in [-0.15, -0.1) is 0 Å². The second kappa shape index (κ2) is 7.16.